The summed E-state index contributed by atoms with van der Waals surface area (Å²) in [5.74, 6) is 0.0594. The molecule has 1 amide bonds. The Labute approximate surface area is 182 Å². The number of fused-ring (bicyclic) bond motifs is 1. The highest BCUT2D eigenvalue weighted by Crippen LogP contribution is 2.14. The maximum Gasteiger partial charge on any atom is 0.261 e. The Kier molecular flexibility index (Phi) is 6.77. The van der Waals surface area contributed by atoms with Crippen LogP contribution < -0.4 is 10.9 Å². The van der Waals surface area contributed by atoms with Crippen molar-refractivity contribution in [3.63, 3.8) is 0 Å². The smallest absolute Gasteiger partial charge is 0.261 e. The van der Waals surface area contributed by atoms with Crippen LogP contribution in [0, 0.1) is 6.92 Å². The molecule has 162 valence electrons. The van der Waals surface area contributed by atoms with Gasteiger partial charge in [0, 0.05) is 32.1 Å². The molecule has 0 aliphatic carbocycles. The first-order valence-electron chi connectivity index (χ1n) is 11.1. The van der Waals surface area contributed by atoms with Crippen molar-refractivity contribution in [2.75, 3.05) is 13.1 Å². The van der Waals surface area contributed by atoms with Gasteiger partial charge in [0.25, 0.3) is 5.56 Å². The second-order valence-electron chi connectivity index (χ2n) is 8.45. The quantitative estimate of drug-likeness (QED) is 0.640. The largest absolute Gasteiger partial charge is 0.352 e. The Morgan fingerprint density at radius 1 is 1.16 bits per heavy atom. The average molecular weight is 419 g/mol. The minimum absolute atomic E-state index is 0.0436. The minimum Gasteiger partial charge on any atom is -0.352 e. The number of para-hydroxylation sites is 1. The SMILES string of the molecule is Cc1cccc2c(=O)n(CCCC(=O)NC3CCCN(Cc4ccccc4)C3)cnc12. The minimum atomic E-state index is -0.0436. The molecular formula is C25H30N4O2. The van der Waals surface area contributed by atoms with E-state index in [2.05, 4.69) is 39.5 Å². The van der Waals surface area contributed by atoms with Crippen LogP contribution in [-0.2, 0) is 17.9 Å². The Hall–Kier alpha value is -2.99. The fraction of sp³-hybridized carbons (Fsp3) is 0.400. The summed E-state index contributed by atoms with van der Waals surface area (Å²) >= 11 is 0. The number of amides is 1. The lowest BCUT2D eigenvalue weighted by Gasteiger charge is -2.33. The predicted molar refractivity (Wildman–Crippen MR) is 123 cm³/mol. The van der Waals surface area contributed by atoms with Crippen LogP contribution >= 0.6 is 0 Å². The van der Waals surface area contributed by atoms with E-state index in [4.69, 9.17) is 0 Å². The van der Waals surface area contributed by atoms with Crippen molar-refractivity contribution >= 4 is 16.8 Å². The number of piperidine rings is 1. The molecule has 0 spiro atoms. The summed E-state index contributed by atoms with van der Waals surface area (Å²) in [5.41, 5.74) is 3.01. The zero-order valence-corrected chi connectivity index (χ0v) is 18.1. The number of aromatic nitrogens is 2. The third-order valence-electron chi connectivity index (χ3n) is 5.98. The van der Waals surface area contributed by atoms with E-state index in [9.17, 15) is 9.59 Å². The summed E-state index contributed by atoms with van der Waals surface area (Å²) < 4.78 is 1.61. The van der Waals surface area contributed by atoms with Gasteiger partial charge in [0.1, 0.15) is 0 Å². The molecule has 4 rings (SSSR count). The zero-order valence-electron chi connectivity index (χ0n) is 18.1. The maximum atomic E-state index is 12.7. The molecule has 31 heavy (non-hydrogen) atoms. The van der Waals surface area contributed by atoms with E-state index in [1.165, 1.54) is 5.56 Å². The molecule has 6 heteroatoms. The monoisotopic (exact) mass is 418 g/mol. The average Bonchev–Trinajstić information content (AvgIpc) is 2.77. The summed E-state index contributed by atoms with van der Waals surface area (Å²) in [4.78, 5) is 32.0. The van der Waals surface area contributed by atoms with Gasteiger partial charge in [-0.15, -0.1) is 0 Å². The standard InChI is InChI=1S/C25H30N4O2/c1-19-8-5-12-22-24(19)26-18-29(25(22)31)15-7-13-23(30)27-21-11-6-14-28(17-21)16-20-9-3-2-4-10-20/h2-5,8-10,12,18,21H,6-7,11,13-17H2,1H3,(H,27,30). The highest BCUT2D eigenvalue weighted by molar-refractivity contribution is 5.80. The van der Waals surface area contributed by atoms with Crippen molar-refractivity contribution in [2.24, 2.45) is 0 Å². The molecule has 1 saturated heterocycles. The second kappa shape index (κ2) is 9.88. The third-order valence-corrected chi connectivity index (χ3v) is 5.98. The van der Waals surface area contributed by atoms with Gasteiger partial charge in [-0.2, -0.15) is 0 Å². The number of likely N-dealkylation sites (tertiary alicyclic amines) is 1. The first-order chi connectivity index (χ1) is 15.1. The van der Waals surface area contributed by atoms with Crippen LogP contribution in [0.1, 0.15) is 36.8 Å². The lowest BCUT2D eigenvalue weighted by atomic mass is 10.0. The van der Waals surface area contributed by atoms with Crippen molar-refractivity contribution < 1.29 is 4.79 Å². The maximum absolute atomic E-state index is 12.7. The predicted octanol–water partition coefficient (Wildman–Crippen LogP) is 3.27. The fourth-order valence-corrected chi connectivity index (χ4v) is 4.37. The van der Waals surface area contributed by atoms with Crippen molar-refractivity contribution in [1.82, 2.24) is 19.8 Å². The van der Waals surface area contributed by atoms with Crippen molar-refractivity contribution in [2.45, 2.75) is 51.7 Å². The van der Waals surface area contributed by atoms with Crippen LogP contribution in [-0.4, -0.2) is 39.5 Å². The molecular weight excluding hydrogens is 388 g/mol. The van der Waals surface area contributed by atoms with E-state index < -0.39 is 0 Å². The molecule has 1 atom stereocenters. The van der Waals surface area contributed by atoms with Gasteiger partial charge < -0.3 is 5.32 Å². The Bertz CT molecular complexity index is 1090. The summed E-state index contributed by atoms with van der Waals surface area (Å²) in [7, 11) is 0. The molecule has 0 bridgehead atoms. The first-order valence-corrected chi connectivity index (χ1v) is 11.1. The number of nitrogens with one attached hydrogen (secondary N) is 1. The van der Waals surface area contributed by atoms with E-state index in [1.54, 1.807) is 10.9 Å². The van der Waals surface area contributed by atoms with Gasteiger partial charge in [-0.25, -0.2) is 4.98 Å². The van der Waals surface area contributed by atoms with Crippen molar-refractivity contribution in [1.29, 1.82) is 0 Å². The first kappa shape index (κ1) is 21.2. The van der Waals surface area contributed by atoms with E-state index in [0.717, 1.165) is 43.6 Å². The number of carbonyl (C=O) groups is 1. The van der Waals surface area contributed by atoms with Gasteiger partial charge >= 0.3 is 0 Å². The number of benzene rings is 2. The Morgan fingerprint density at radius 2 is 2.00 bits per heavy atom. The van der Waals surface area contributed by atoms with E-state index in [0.29, 0.717) is 24.8 Å². The lowest BCUT2D eigenvalue weighted by molar-refractivity contribution is -0.122. The molecule has 1 aliphatic rings. The Morgan fingerprint density at radius 3 is 2.84 bits per heavy atom. The number of nitrogens with zero attached hydrogens (tertiary/aromatic N) is 3. The molecule has 0 saturated carbocycles. The van der Waals surface area contributed by atoms with Crippen molar-refractivity contribution in [3.8, 4) is 0 Å². The zero-order chi connectivity index (χ0) is 21.6. The lowest BCUT2D eigenvalue weighted by Crippen LogP contribution is -2.47. The van der Waals surface area contributed by atoms with E-state index in [-0.39, 0.29) is 17.5 Å². The van der Waals surface area contributed by atoms with Crippen LogP contribution in [0.5, 0.6) is 0 Å². The topological polar surface area (TPSA) is 67.2 Å². The van der Waals surface area contributed by atoms with Crippen LogP contribution in [0.15, 0.2) is 59.7 Å². The molecule has 2 aromatic carbocycles. The molecule has 3 aromatic rings. The molecule has 2 heterocycles. The highest BCUT2D eigenvalue weighted by Gasteiger charge is 2.21. The molecule has 1 aromatic heterocycles. The normalized spacial score (nSPS) is 17.0. The van der Waals surface area contributed by atoms with E-state index >= 15 is 0 Å². The number of hydrogen-bond acceptors (Lipinski definition) is 4. The molecule has 1 aliphatic heterocycles. The summed E-state index contributed by atoms with van der Waals surface area (Å²) in [6.07, 6.45) is 4.73. The molecule has 6 nitrogen and oxygen atoms in total. The molecule has 1 fully saturated rings. The van der Waals surface area contributed by atoms with Crippen LogP contribution in [0.25, 0.3) is 10.9 Å². The van der Waals surface area contributed by atoms with Gasteiger partial charge in [-0.3, -0.25) is 19.1 Å². The number of aryl methyl sites for hydroxylation is 2. The number of rotatable bonds is 7. The fourth-order valence-electron chi connectivity index (χ4n) is 4.37. The van der Waals surface area contributed by atoms with Crippen LogP contribution in [0.4, 0.5) is 0 Å². The number of hydrogen-bond donors (Lipinski definition) is 1. The molecule has 1 unspecified atom stereocenters. The number of carbonyl (C=O) groups excluding carboxylic acids is 1. The molecule has 0 radical (unpaired) electrons. The Balaban J connectivity index is 1.26. The van der Waals surface area contributed by atoms with Gasteiger partial charge in [0.05, 0.1) is 17.2 Å². The van der Waals surface area contributed by atoms with Crippen LogP contribution in [0.3, 0.4) is 0 Å². The molecule has 1 N–H and O–H groups in total. The van der Waals surface area contributed by atoms with E-state index in [1.807, 2.05) is 31.2 Å². The van der Waals surface area contributed by atoms with Gasteiger partial charge in [-0.1, -0.05) is 42.5 Å². The van der Waals surface area contributed by atoms with Crippen LogP contribution in [0.2, 0.25) is 0 Å². The van der Waals surface area contributed by atoms with Gasteiger partial charge in [0.2, 0.25) is 5.91 Å². The van der Waals surface area contributed by atoms with Crippen molar-refractivity contribution in [3.05, 3.63) is 76.3 Å². The van der Waals surface area contributed by atoms with Gasteiger partial charge in [0.15, 0.2) is 0 Å². The second-order valence-corrected chi connectivity index (χ2v) is 8.45. The highest BCUT2D eigenvalue weighted by atomic mass is 16.1. The summed E-state index contributed by atoms with van der Waals surface area (Å²) in [6.45, 7) is 5.32. The summed E-state index contributed by atoms with van der Waals surface area (Å²) in [5, 5.41) is 3.82. The third kappa shape index (κ3) is 5.39. The van der Waals surface area contributed by atoms with Gasteiger partial charge in [-0.05, 0) is 49.9 Å². The summed E-state index contributed by atoms with van der Waals surface area (Å²) in [6, 6.07) is 16.3.